The van der Waals surface area contributed by atoms with E-state index < -0.39 is 0 Å². The molecule has 0 radical (unpaired) electrons. The quantitative estimate of drug-likeness (QED) is 0.382. The molecule has 1 aromatic heterocycles. The maximum absolute atomic E-state index is 9.64. The maximum atomic E-state index is 9.64. The Balaban J connectivity index is 1.89. The summed E-state index contributed by atoms with van der Waals surface area (Å²) in [5, 5.41) is 12.3. The van der Waals surface area contributed by atoms with Crippen molar-refractivity contribution in [3.63, 3.8) is 0 Å². The number of aromatic nitrogens is 1. The predicted molar refractivity (Wildman–Crippen MR) is 114 cm³/mol. The van der Waals surface area contributed by atoms with Crippen LogP contribution in [0.2, 0.25) is 0 Å². The van der Waals surface area contributed by atoms with Crippen molar-refractivity contribution in [1.29, 1.82) is 5.26 Å². The smallest absolute Gasteiger partial charge is 0.161 e. The van der Waals surface area contributed by atoms with Crippen LogP contribution in [0.1, 0.15) is 16.1 Å². The Morgan fingerprint density at radius 2 is 2.00 bits per heavy atom. The van der Waals surface area contributed by atoms with Gasteiger partial charge in [-0.1, -0.05) is 48.6 Å². The average Bonchev–Trinajstić information content (AvgIpc) is 3.21. The first-order chi connectivity index (χ1) is 13.6. The Labute approximate surface area is 169 Å². The summed E-state index contributed by atoms with van der Waals surface area (Å²) in [7, 11) is 1.59. The van der Waals surface area contributed by atoms with Crippen LogP contribution in [-0.2, 0) is 0 Å². The van der Waals surface area contributed by atoms with Crippen LogP contribution in [0.25, 0.3) is 22.9 Å². The number of ether oxygens (including phenoxy) is 2. The lowest BCUT2D eigenvalue weighted by molar-refractivity contribution is 0.326. The summed E-state index contributed by atoms with van der Waals surface area (Å²) in [4.78, 5) is 4.64. The highest BCUT2D eigenvalue weighted by Gasteiger charge is 2.10. The van der Waals surface area contributed by atoms with Crippen LogP contribution in [0.3, 0.4) is 0 Å². The van der Waals surface area contributed by atoms with Crippen LogP contribution < -0.4 is 9.47 Å². The van der Waals surface area contributed by atoms with E-state index in [2.05, 4.69) is 36.7 Å². The molecule has 5 heteroatoms. The minimum absolute atomic E-state index is 0.399. The van der Waals surface area contributed by atoms with Gasteiger partial charge in [0.15, 0.2) is 11.5 Å². The summed E-state index contributed by atoms with van der Waals surface area (Å²) in [6.07, 6.45) is 3.48. The normalized spacial score (nSPS) is 11.0. The van der Waals surface area contributed by atoms with Crippen molar-refractivity contribution in [3.05, 3.63) is 76.6 Å². The highest BCUT2D eigenvalue weighted by molar-refractivity contribution is 7.11. The van der Waals surface area contributed by atoms with Crippen molar-refractivity contribution in [1.82, 2.24) is 4.98 Å². The van der Waals surface area contributed by atoms with Gasteiger partial charge in [-0.2, -0.15) is 5.26 Å². The van der Waals surface area contributed by atoms with E-state index in [0.29, 0.717) is 28.7 Å². The summed E-state index contributed by atoms with van der Waals surface area (Å²) in [5.41, 5.74) is 4.45. The number of rotatable bonds is 7. The lowest BCUT2D eigenvalue weighted by Gasteiger charge is -2.09. The minimum Gasteiger partial charge on any atom is -0.493 e. The molecule has 2 aromatic carbocycles. The van der Waals surface area contributed by atoms with E-state index in [1.165, 1.54) is 16.9 Å². The molecule has 0 spiro atoms. The van der Waals surface area contributed by atoms with Gasteiger partial charge in [0.05, 0.1) is 18.4 Å². The number of aryl methyl sites for hydroxylation is 1. The number of hydrogen-bond acceptors (Lipinski definition) is 5. The fourth-order valence-corrected chi connectivity index (χ4v) is 3.40. The summed E-state index contributed by atoms with van der Waals surface area (Å²) >= 11 is 1.46. The van der Waals surface area contributed by atoms with Gasteiger partial charge in [0.2, 0.25) is 0 Å². The molecule has 0 bridgehead atoms. The summed E-state index contributed by atoms with van der Waals surface area (Å²) in [6.45, 7) is 6.09. The number of benzene rings is 2. The number of allylic oxidation sites excluding steroid dienone is 1. The van der Waals surface area contributed by atoms with Gasteiger partial charge < -0.3 is 9.47 Å². The van der Waals surface area contributed by atoms with Gasteiger partial charge in [0, 0.05) is 10.9 Å². The van der Waals surface area contributed by atoms with E-state index in [1.807, 2.05) is 35.7 Å². The molecule has 0 unspecified atom stereocenters. The molecule has 0 aliphatic carbocycles. The second kappa shape index (κ2) is 9.03. The molecule has 0 aliphatic heterocycles. The third-order valence-corrected chi connectivity index (χ3v) is 4.93. The lowest BCUT2D eigenvalue weighted by atomic mass is 10.1. The topological polar surface area (TPSA) is 55.1 Å². The van der Waals surface area contributed by atoms with Crippen molar-refractivity contribution >= 4 is 23.0 Å². The van der Waals surface area contributed by atoms with E-state index in [9.17, 15) is 5.26 Å². The van der Waals surface area contributed by atoms with Crippen molar-refractivity contribution in [2.75, 3.05) is 13.7 Å². The lowest BCUT2D eigenvalue weighted by Crippen LogP contribution is -1.96. The monoisotopic (exact) mass is 388 g/mol. The number of nitrogens with zero attached hydrogens (tertiary/aromatic N) is 2. The van der Waals surface area contributed by atoms with Crippen molar-refractivity contribution < 1.29 is 9.47 Å². The van der Waals surface area contributed by atoms with E-state index in [-0.39, 0.29) is 0 Å². The zero-order valence-electron chi connectivity index (χ0n) is 15.8. The zero-order chi connectivity index (χ0) is 19.9. The van der Waals surface area contributed by atoms with Gasteiger partial charge in [0.1, 0.15) is 17.7 Å². The van der Waals surface area contributed by atoms with E-state index >= 15 is 0 Å². The SMILES string of the molecule is C=CCOc1ccc(/C=C(\C#N)c2nc(-c3ccc(C)cc3)cs2)cc1OC. The predicted octanol–water partition coefficient (Wildman–Crippen LogP) is 5.76. The highest BCUT2D eigenvalue weighted by atomic mass is 32.1. The van der Waals surface area contributed by atoms with Crippen LogP contribution >= 0.6 is 11.3 Å². The molecule has 0 N–H and O–H groups in total. The largest absolute Gasteiger partial charge is 0.493 e. The summed E-state index contributed by atoms with van der Waals surface area (Å²) in [6, 6.07) is 16.0. The third kappa shape index (κ3) is 4.48. The molecule has 3 rings (SSSR count). The van der Waals surface area contributed by atoms with Crippen LogP contribution in [0.4, 0.5) is 0 Å². The molecule has 0 saturated carbocycles. The molecule has 0 aliphatic rings. The van der Waals surface area contributed by atoms with Gasteiger partial charge in [-0.3, -0.25) is 0 Å². The third-order valence-electron chi connectivity index (χ3n) is 4.06. The Bertz CT molecular complexity index is 1040. The zero-order valence-corrected chi connectivity index (χ0v) is 16.6. The molecule has 28 heavy (non-hydrogen) atoms. The Kier molecular flexibility index (Phi) is 6.25. The summed E-state index contributed by atoms with van der Waals surface area (Å²) < 4.78 is 11.0. The molecule has 1 heterocycles. The van der Waals surface area contributed by atoms with Crippen LogP contribution in [0, 0.1) is 18.3 Å². The average molecular weight is 388 g/mol. The summed E-state index contributed by atoms with van der Waals surface area (Å²) in [5.74, 6) is 1.24. The molecular weight excluding hydrogens is 368 g/mol. The molecule has 140 valence electrons. The number of hydrogen-bond donors (Lipinski definition) is 0. The van der Waals surface area contributed by atoms with Gasteiger partial charge in [-0.15, -0.1) is 11.3 Å². The van der Waals surface area contributed by atoms with Crippen molar-refractivity contribution in [3.8, 4) is 28.8 Å². The first-order valence-electron chi connectivity index (χ1n) is 8.71. The second-order valence-corrected chi connectivity index (χ2v) is 6.94. The first-order valence-corrected chi connectivity index (χ1v) is 9.59. The van der Waals surface area contributed by atoms with Gasteiger partial charge in [-0.05, 0) is 30.7 Å². The molecule has 0 atom stereocenters. The van der Waals surface area contributed by atoms with Gasteiger partial charge in [0.25, 0.3) is 0 Å². The molecule has 0 saturated heterocycles. The number of nitriles is 1. The van der Waals surface area contributed by atoms with Gasteiger partial charge >= 0.3 is 0 Å². The fourth-order valence-electron chi connectivity index (χ4n) is 2.60. The highest BCUT2D eigenvalue weighted by Crippen LogP contribution is 2.31. The van der Waals surface area contributed by atoms with Crippen molar-refractivity contribution in [2.24, 2.45) is 0 Å². The Hall–Kier alpha value is -3.36. The molecule has 0 amide bonds. The Morgan fingerprint density at radius 3 is 2.68 bits per heavy atom. The first kappa shape index (κ1) is 19.4. The van der Waals surface area contributed by atoms with E-state index in [4.69, 9.17) is 9.47 Å². The molecule has 3 aromatic rings. The maximum Gasteiger partial charge on any atom is 0.161 e. The molecule has 0 fully saturated rings. The molecular formula is C23H20N2O2S. The number of thiazole rings is 1. The van der Waals surface area contributed by atoms with Crippen LogP contribution in [0.15, 0.2) is 60.5 Å². The van der Waals surface area contributed by atoms with E-state index in [0.717, 1.165) is 16.8 Å². The fraction of sp³-hybridized carbons (Fsp3) is 0.130. The van der Waals surface area contributed by atoms with Gasteiger partial charge in [-0.25, -0.2) is 4.98 Å². The Morgan fingerprint density at radius 1 is 1.21 bits per heavy atom. The van der Waals surface area contributed by atoms with Crippen LogP contribution in [0.5, 0.6) is 11.5 Å². The van der Waals surface area contributed by atoms with Crippen molar-refractivity contribution in [2.45, 2.75) is 6.92 Å². The second-order valence-electron chi connectivity index (χ2n) is 6.08. The van der Waals surface area contributed by atoms with E-state index in [1.54, 1.807) is 19.3 Å². The minimum atomic E-state index is 0.399. The molecule has 4 nitrogen and oxygen atoms in total. The van der Waals surface area contributed by atoms with Crippen LogP contribution in [-0.4, -0.2) is 18.7 Å². The number of methoxy groups -OCH3 is 1. The standard InChI is InChI=1S/C23H20N2O2S/c1-4-11-27-21-10-7-17(13-22(21)26-3)12-19(14-24)23-25-20(15-28-23)18-8-5-16(2)6-9-18/h4-10,12-13,15H,1,11H2,2-3H3/b19-12+.